The second-order valence-electron chi connectivity index (χ2n) is 3.94. The summed E-state index contributed by atoms with van der Waals surface area (Å²) in [6, 6.07) is 1.57. The van der Waals surface area contributed by atoms with E-state index < -0.39 is 5.60 Å². The van der Waals surface area contributed by atoms with Gasteiger partial charge in [0.2, 0.25) is 0 Å². The molecule has 1 atom stereocenters. The molecular formula is C9H12ClN5O2. The van der Waals surface area contributed by atoms with Crippen LogP contribution in [0.15, 0.2) is 12.4 Å². The minimum absolute atomic E-state index is 0.152. The van der Waals surface area contributed by atoms with Gasteiger partial charge in [-0.25, -0.2) is 0 Å². The lowest BCUT2D eigenvalue weighted by Gasteiger charge is -2.21. The molecule has 0 saturated carbocycles. The van der Waals surface area contributed by atoms with Crippen LogP contribution in [0, 0.1) is 0 Å². The quantitative estimate of drug-likeness (QED) is 0.664. The summed E-state index contributed by atoms with van der Waals surface area (Å²) in [5.41, 5.74) is -1.22. The number of hydrogen-bond acceptors (Lipinski definition) is 6. The van der Waals surface area contributed by atoms with Crippen LogP contribution < -0.4 is 5.32 Å². The molecule has 2 rings (SSSR count). The lowest BCUT2D eigenvalue weighted by molar-refractivity contribution is 0.0131. The summed E-state index contributed by atoms with van der Waals surface area (Å²) in [5.74, 6) is 0.912. The monoisotopic (exact) mass is 257 g/mol. The van der Waals surface area contributed by atoms with Crippen LogP contribution >= 0.6 is 11.6 Å². The van der Waals surface area contributed by atoms with Crippen molar-refractivity contribution >= 4 is 23.2 Å². The summed E-state index contributed by atoms with van der Waals surface area (Å²) in [4.78, 5) is 7.87. The molecule has 0 amide bonds. The third-order valence-electron chi connectivity index (χ3n) is 2.21. The first-order valence-electron chi connectivity index (χ1n) is 4.95. The number of fused-ring (bicyclic) bond motifs is 1. The van der Waals surface area contributed by atoms with Crippen molar-refractivity contribution in [2.45, 2.75) is 12.5 Å². The molecule has 0 radical (unpaired) electrons. The third-order valence-corrected chi connectivity index (χ3v) is 2.41. The Morgan fingerprint density at radius 2 is 2.35 bits per heavy atom. The molecule has 2 aromatic heterocycles. The zero-order valence-corrected chi connectivity index (χ0v) is 9.89. The summed E-state index contributed by atoms with van der Waals surface area (Å²) >= 11 is 5.82. The van der Waals surface area contributed by atoms with Gasteiger partial charge in [-0.05, 0) is 6.92 Å². The molecule has 0 saturated heterocycles. The highest BCUT2D eigenvalue weighted by atomic mass is 35.5. The van der Waals surface area contributed by atoms with Crippen molar-refractivity contribution in [1.29, 1.82) is 0 Å². The molecule has 0 bridgehead atoms. The van der Waals surface area contributed by atoms with Crippen molar-refractivity contribution in [2.24, 2.45) is 0 Å². The first kappa shape index (κ1) is 12.0. The third kappa shape index (κ3) is 2.63. The Kier molecular flexibility index (Phi) is 3.14. The number of halogens is 1. The van der Waals surface area contributed by atoms with Gasteiger partial charge in [0.25, 0.3) is 5.78 Å². The van der Waals surface area contributed by atoms with E-state index in [4.69, 9.17) is 16.7 Å². The minimum atomic E-state index is -1.22. The number of aliphatic hydroxyl groups is 2. The topological polar surface area (TPSA) is 95.6 Å². The first-order valence-corrected chi connectivity index (χ1v) is 5.33. The van der Waals surface area contributed by atoms with Crippen LogP contribution in [0.2, 0.25) is 5.15 Å². The van der Waals surface area contributed by atoms with Crippen molar-refractivity contribution in [3.05, 3.63) is 17.5 Å². The predicted octanol–water partition coefficient (Wildman–Crippen LogP) is -0.0671. The highest BCUT2D eigenvalue weighted by molar-refractivity contribution is 6.29. The van der Waals surface area contributed by atoms with Gasteiger partial charge in [-0.1, -0.05) is 11.6 Å². The van der Waals surface area contributed by atoms with Gasteiger partial charge >= 0.3 is 0 Å². The minimum Gasteiger partial charge on any atom is -0.393 e. The summed E-state index contributed by atoms with van der Waals surface area (Å²) in [6.45, 7) is 1.32. The Balaban J connectivity index is 2.26. The summed E-state index contributed by atoms with van der Waals surface area (Å²) in [6.07, 6.45) is 1.36. The number of rotatable bonds is 4. The van der Waals surface area contributed by atoms with E-state index in [0.717, 1.165) is 0 Å². The Morgan fingerprint density at radius 3 is 3.06 bits per heavy atom. The molecule has 1 unspecified atom stereocenters. The van der Waals surface area contributed by atoms with E-state index >= 15 is 0 Å². The zero-order valence-electron chi connectivity index (χ0n) is 9.13. The van der Waals surface area contributed by atoms with Crippen LogP contribution in [0.25, 0.3) is 5.78 Å². The lowest BCUT2D eigenvalue weighted by atomic mass is 10.1. The molecular weight excluding hydrogens is 246 g/mol. The molecule has 0 aliphatic heterocycles. The van der Waals surface area contributed by atoms with Crippen molar-refractivity contribution < 1.29 is 10.2 Å². The Hall–Kier alpha value is -1.44. The van der Waals surface area contributed by atoms with E-state index in [9.17, 15) is 5.11 Å². The molecule has 0 aliphatic rings. The fraction of sp³-hybridized carbons (Fsp3) is 0.444. The average Bonchev–Trinajstić information content (AvgIpc) is 2.73. The molecule has 0 aliphatic carbocycles. The Bertz CT molecular complexity index is 527. The number of hydrogen-bond donors (Lipinski definition) is 3. The van der Waals surface area contributed by atoms with Crippen molar-refractivity contribution in [1.82, 2.24) is 19.6 Å². The fourth-order valence-electron chi connectivity index (χ4n) is 1.25. The number of anilines is 1. The maximum absolute atomic E-state index is 9.67. The van der Waals surface area contributed by atoms with E-state index in [1.165, 1.54) is 17.8 Å². The van der Waals surface area contributed by atoms with Crippen LogP contribution in [-0.4, -0.2) is 48.5 Å². The number of nitrogens with one attached hydrogen (secondary N) is 1. The van der Waals surface area contributed by atoms with Crippen LogP contribution in [0.4, 0.5) is 5.82 Å². The van der Waals surface area contributed by atoms with Crippen LogP contribution in [0.1, 0.15) is 6.92 Å². The van der Waals surface area contributed by atoms with E-state index in [-0.39, 0.29) is 18.3 Å². The molecule has 0 aromatic carbocycles. The molecule has 7 nitrogen and oxygen atoms in total. The van der Waals surface area contributed by atoms with Crippen molar-refractivity contribution in [3.8, 4) is 0 Å². The summed E-state index contributed by atoms with van der Waals surface area (Å²) in [7, 11) is 0. The Morgan fingerprint density at radius 1 is 1.59 bits per heavy atom. The molecule has 0 fully saturated rings. The van der Waals surface area contributed by atoms with Gasteiger partial charge in [-0.2, -0.15) is 19.6 Å². The van der Waals surface area contributed by atoms with Crippen molar-refractivity contribution in [2.75, 3.05) is 18.5 Å². The van der Waals surface area contributed by atoms with E-state index in [0.29, 0.717) is 11.6 Å². The molecule has 2 heterocycles. The van der Waals surface area contributed by atoms with Crippen molar-refractivity contribution in [3.63, 3.8) is 0 Å². The van der Waals surface area contributed by atoms with Crippen LogP contribution in [0.5, 0.6) is 0 Å². The second-order valence-corrected chi connectivity index (χ2v) is 4.33. The first-order chi connectivity index (χ1) is 8.02. The predicted molar refractivity (Wildman–Crippen MR) is 62.0 cm³/mol. The summed E-state index contributed by atoms with van der Waals surface area (Å²) in [5, 5.41) is 25.8. The van der Waals surface area contributed by atoms with Crippen LogP contribution in [-0.2, 0) is 0 Å². The average molecular weight is 258 g/mol. The van der Waals surface area contributed by atoms with Crippen LogP contribution in [0.3, 0.4) is 0 Å². The summed E-state index contributed by atoms with van der Waals surface area (Å²) < 4.78 is 1.46. The van der Waals surface area contributed by atoms with Gasteiger partial charge < -0.3 is 15.5 Å². The number of nitrogens with zero attached hydrogens (tertiary/aromatic N) is 4. The molecule has 3 N–H and O–H groups in total. The van der Waals surface area contributed by atoms with Gasteiger partial charge in [-0.3, -0.25) is 0 Å². The number of aromatic nitrogens is 4. The van der Waals surface area contributed by atoms with Gasteiger partial charge in [0.15, 0.2) is 0 Å². The highest BCUT2D eigenvalue weighted by Gasteiger charge is 2.19. The standard InChI is InChI=1S/C9H12ClN5O2/c1-9(17,4-16)3-11-7-2-6(10)14-8-12-5-13-15(7)8/h2,5,11,16-17H,3-4H2,1H3. The largest absolute Gasteiger partial charge is 0.393 e. The zero-order chi connectivity index (χ0) is 12.5. The van der Waals surface area contributed by atoms with Gasteiger partial charge in [0.1, 0.15) is 22.9 Å². The molecule has 92 valence electrons. The molecule has 8 heteroatoms. The second kappa shape index (κ2) is 4.44. The molecule has 17 heavy (non-hydrogen) atoms. The van der Waals surface area contributed by atoms with E-state index in [1.807, 2.05) is 0 Å². The Labute approximate surface area is 102 Å². The maximum Gasteiger partial charge on any atom is 0.255 e. The lowest BCUT2D eigenvalue weighted by Crippen LogP contribution is -2.37. The SMILES string of the molecule is CC(O)(CO)CNc1cc(Cl)nc2ncnn12. The molecule has 2 aromatic rings. The smallest absolute Gasteiger partial charge is 0.255 e. The van der Waals surface area contributed by atoms with Gasteiger partial charge in [0.05, 0.1) is 6.61 Å². The van der Waals surface area contributed by atoms with Gasteiger partial charge in [0, 0.05) is 12.6 Å². The molecule has 0 spiro atoms. The highest BCUT2D eigenvalue weighted by Crippen LogP contribution is 2.15. The number of aliphatic hydroxyl groups excluding tert-OH is 1. The maximum atomic E-state index is 9.67. The fourth-order valence-corrected chi connectivity index (χ4v) is 1.43. The van der Waals surface area contributed by atoms with Gasteiger partial charge in [-0.15, -0.1) is 0 Å². The van der Waals surface area contributed by atoms with E-state index in [1.54, 1.807) is 6.07 Å². The normalized spacial score (nSPS) is 14.8. The van der Waals surface area contributed by atoms with E-state index in [2.05, 4.69) is 20.4 Å².